The quantitative estimate of drug-likeness (QED) is 0.664. The molecule has 0 aromatic heterocycles. The summed E-state index contributed by atoms with van der Waals surface area (Å²) in [5.41, 5.74) is 0. The average Bonchev–Trinajstić information content (AvgIpc) is 2.18. The molecule has 0 radical (unpaired) electrons. The summed E-state index contributed by atoms with van der Waals surface area (Å²) in [5.74, 6) is 0. The molecule has 0 bridgehead atoms. The molecular formula is C12H24NO+. The molecule has 1 saturated heterocycles. The van der Waals surface area contributed by atoms with Crippen molar-refractivity contribution in [2.24, 2.45) is 0 Å². The van der Waals surface area contributed by atoms with E-state index in [1.54, 1.807) is 0 Å². The van der Waals surface area contributed by atoms with Gasteiger partial charge in [0.15, 0.2) is 0 Å². The molecule has 1 N–H and O–H groups in total. The highest BCUT2D eigenvalue weighted by Gasteiger charge is 2.24. The number of quaternary nitrogens is 1. The smallest absolute Gasteiger partial charge is 0.101 e. The van der Waals surface area contributed by atoms with Gasteiger partial charge in [-0.3, -0.25) is 0 Å². The highest BCUT2D eigenvalue weighted by Crippen LogP contribution is 2.15. The van der Waals surface area contributed by atoms with E-state index in [0.29, 0.717) is 0 Å². The second-order valence-electron chi connectivity index (χ2n) is 4.81. The average molecular weight is 198 g/mol. The van der Waals surface area contributed by atoms with Crippen LogP contribution in [-0.2, 0) is 4.74 Å². The summed E-state index contributed by atoms with van der Waals surface area (Å²) >= 11 is 0. The van der Waals surface area contributed by atoms with Crippen molar-refractivity contribution in [2.75, 3.05) is 26.3 Å². The Hall–Kier alpha value is -0.0800. The zero-order valence-corrected chi connectivity index (χ0v) is 9.26. The van der Waals surface area contributed by atoms with Crippen LogP contribution in [0.3, 0.4) is 0 Å². The summed E-state index contributed by atoms with van der Waals surface area (Å²) in [5, 5.41) is 0. The molecule has 0 aromatic carbocycles. The summed E-state index contributed by atoms with van der Waals surface area (Å²) < 4.78 is 5.43. The maximum Gasteiger partial charge on any atom is 0.101 e. The van der Waals surface area contributed by atoms with Crippen molar-refractivity contribution in [1.82, 2.24) is 0 Å². The predicted molar refractivity (Wildman–Crippen MR) is 57.6 cm³/mol. The second kappa shape index (κ2) is 5.72. The molecule has 2 nitrogen and oxygen atoms in total. The number of hydrogen-bond donors (Lipinski definition) is 1. The first kappa shape index (κ1) is 10.4. The molecule has 14 heavy (non-hydrogen) atoms. The van der Waals surface area contributed by atoms with E-state index in [1.807, 2.05) is 4.90 Å². The molecule has 1 heterocycles. The highest BCUT2D eigenvalue weighted by atomic mass is 16.5. The molecule has 0 amide bonds. The molecule has 1 saturated carbocycles. The monoisotopic (exact) mass is 198 g/mol. The van der Waals surface area contributed by atoms with E-state index in [9.17, 15) is 0 Å². The van der Waals surface area contributed by atoms with Gasteiger partial charge in [-0.05, 0) is 25.7 Å². The zero-order valence-electron chi connectivity index (χ0n) is 9.26. The molecule has 0 spiro atoms. The third-order valence-corrected chi connectivity index (χ3v) is 3.82. The molecule has 0 aromatic rings. The Kier molecular flexibility index (Phi) is 4.26. The first-order valence-corrected chi connectivity index (χ1v) is 6.39. The van der Waals surface area contributed by atoms with Gasteiger partial charge in [0.05, 0.1) is 19.3 Å². The van der Waals surface area contributed by atoms with Crippen molar-refractivity contribution in [3.8, 4) is 0 Å². The molecule has 0 atom stereocenters. The lowest BCUT2D eigenvalue weighted by Gasteiger charge is -2.32. The van der Waals surface area contributed by atoms with Crippen LogP contribution in [0.4, 0.5) is 0 Å². The molecule has 82 valence electrons. The van der Waals surface area contributed by atoms with Crippen molar-refractivity contribution < 1.29 is 9.64 Å². The van der Waals surface area contributed by atoms with Gasteiger partial charge in [-0.15, -0.1) is 0 Å². The van der Waals surface area contributed by atoms with Gasteiger partial charge in [-0.1, -0.05) is 19.3 Å². The van der Waals surface area contributed by atoms with Crippen LogP contribution in [0.5, 0.6) is 0 Å². The zero-order chi connectivity index (χ0) is 9.64. The van der Waals surface area contributed by atoms with E-state index >= 15 is 0 Å². The Morgan fingerprint density at radius 2 is 1.36 bits per heavy atom. The Morgan fingerprint density at radius 3 is 2.00 bits per heavy atom. The van der Waals surface area contributed by atoms with Gasteiger partial charge in [-0.2, -0.15) is 0 Å². The van der Waals surface area contributed by atoms with Crippen LogP contribution in [0.15, 0.2) is 0 Å². The van der Waals surface area contributed by atoms with Gasteiger partial charge in [0.2, 0.25) is 0 Å². The summed E-state index contributed by atoms with van der Waals surface area (Å²) in [4.78, 5) is 1.83. The fourth-order valence-electron chi connectivity index (χ4n) is 2.91. The molecule has 2 aliphatic rings. The normalized spacial score (nSPS) is 28.3. The van der Waals surface area contributed by atoms with E-state index in [-0.39, 0.29) is 0 Å². The first-order valence-electron chi connectivity index (χ1n) is 6.39. The van der Waals surface area contributed by atoms with E-state index in [4.69, 9.17) is 4.74 Å². The minimum atomic E-state index is 0.958. The van der Waals surface area contributed by atoms with Gasteiger partial charge >= 0.3 is 0 Å². The summed E-state index contributed by atoms with van der Waals surface area (Å²) in [6, 6.07) is 0.958. The van der Waals surface area contributed by atoms with Crippen LogP contribution in [0.25, 0.3) is 0 Å². The molecule has 2 fully saturated rings. The fourth-order valence-corrected chi connectivity index (χ4v) is 2.91. The Labute approximate surface area is 87.6 Å². The van der Waals surface area contributed by atoms with Crippen molar-refractivity contribution in [2.45, 2.75) is 51.0 Å². The molecule has 2 heteroatoms. The third kappa shape index (κ3) is 2.96. The van der Waals surface area contributed by atoms with Crippen molar-refractivity contribution in [3.63, 3.8) is 0 Å². The van der Waals surface area contributed by atoms with Crippen molar-refractivity contribution in [1.29, 1.82) is 0 Å². The Morgan fingerprint density at radius 1 is 0.786 bits per heavy atom. The number of rotatable bonds is 1. The van der Waals surface area contributed by atoms with E-state index in [2.05, 4.69) is 0 Å². The van der Waals surface area contributed by atoms with Crippen LogP contribution >= 0.6 is 0 Å². The van der Waals surface area contributed by atoms with Crippen LogP contribution in [0.1, 0.15) is 44.9 Å². The Bertz CT molecular complexity index is 146. The lowest BCUT2D eigenvalue weighted by atomic mass is 9.95. The van der Waals surface area contributed by atoms with Gasteiger partial charge in [-0.25, -0.2) is 0 Å². The highest BCUT2D eigenvalue weighted by molar-refractivity contribution is 4.62. The minimum absolute atomic E-state index is 0.958. The number of ether oxygens (including phenoxy) is 1. The van der Waals surface area contributed by atoms with Crippen LogP contribution < -0.4 is 4.90 Å². The fraction of sp³-hybridized carbons (Fsp3) is 1.00. The second-order valence-corrected chi connectivity index (χ2v) is 4.81. The largest absolute Gasteiger partial charge is 0.370 e. The molecule has 0 unspecified atom stereocenters. The maximum absolute atomic E-state index is 5.43. The predicted octanol–water partition coefficient (Wildman–Crippen LogP) is 1.01. The van der Waals surface area contributed by atoms with E-state index in [1.165, 1.54) is 58.0 Å². The molecule has 2 rings (SSSR count). The van der Waals surface area contributed by atoms with E-state index in [0.717, 1.165) is 19.3 Å². The lowest BCUT2D eigenvalue weighted by molar-refractivity contribution is -0.933. The van der Waals surface area contributed by atoms with Gasteiger partial charge in [0.1, 0.15) is 13.1 Å². The minimum Gasteiger partial charge on any atom is -0.370 e. The molecular weight excluding hydrogens is 174 g/mol. The number of hydrogen-bond acceptors (Lipinski definition) is 1. The number of morpholine rings is 1. The van der Waals surface area contributed by atoms with Gasteiger partial charge in [0.25, 0.3) is 0 Å². The summed E-state index contributed by atoms with van der Waals surface area (Å²) in [6.45, 7) is 4.49. The standard InChI is InChI=1S/C12H23NO/c1-2-4-6-12(7-5-3-1)13-8-10-14-11-9-13/h12H,1-11H2/p+1. The first-order chi connectivity index (χ1) is 6.97. The summed E-state index contributed by atoms with van der Waals surface area (Å²) in [6.07, 6.45) is 10.3. The molecule has 1 aliphatic carbocycles. The van der Waals surface area contributed by atoms with E-state index < -0.39 is 0 Å². The topological polar surface area (TPSA) is 13.7 Å². The van der Waals surface area contributed by atoms with Crippen LogP contribution in [0.2, 0.25) is 0 Å². The molecule has 1 aliphatic heterocycles. The van der Waals surface area contributed by atoms with Crippen molar-refractivity contribution in [3.05, 3.63) is 0 Å². The SMILES string of the molecule is C1CCCC([NH+]2CCOCC2)CCC1. The van der Waals surface area contributed by atoms with Gasteiger partial charge < -0.3 is 9.64 Å². The summed E-state index contributed by atoms with van der Waals surface area (Å²) in [7, 11) is 0. The lowest BCUT2D eigenvalue weighted by Crippen LogP contribution is -3.17. The van der Waals surface area contributed by atoms with Gasteiger partial charge in [0, 0.05) is 0 Å². The van der Waals surface area contributed by atoms with Crippen molar-refractivity contribution >= 4 is 0 Å². The van der Waals surface area contributed by atoms with Crippen LogP contribution in [0, 0.1) is 0 Å². The number of nitrogens with one attached hydrogen (secondary N) is 1. The van der Waals surface area contributed by atoms with Crippen LogP contribution in [-0.4, -0.2) is 32.3 Å². The maximum atomic E-state index is 5.43. The Balaban J connectivity index is 1.80. The third-order valence-electron chi connectivity index (χ3n) is 3.82.